The van der Waals surface area contributed by atoms with Crippen LogP contribution in [0, 0.1) is 0 Å². The Balaban J connectivity index is 0.000000605. The van der Waals surface area contributed by atoms with Crippen LogP contribution in [0.3, 0.4) is 0 Å². The Bertz CT molecular complexity index is 255. The third kappa shape index (κ3) is 2.27. The fourth-order valence-electron chi connectivity index (χ4n) is 0.922. The molecule has 2 rings (SSSR count). The average molecular weight is 374 g/mol. The third-order valence-corrected chi connectivity index (χ3v) is 1.40. The largest absolute Gasteiger partial charge is 1.00 e. The van der Waals surface area contributed by atoms with Crippen molar-refractivity contribution in [3.8, 4) is 0 Å². The Hall–Kier alpha value is 0.0451. The van der Waals surface area contributed by atoms with Crippen LogP contribution in [0.5, 0.6) is 0 Å². The first-order valence-corrected chi connectivity index (χ1v) is 2.96. The van der Waals surface area contributed by atoms with Gasteiger partial charge in [0.05, 0.1) is 0 Å². The van der Waals surface area contributed by atoms with E-state index in [-0.39, 0.29) is 58.7 Å². The van der Waals surface area contributed by atoms with Gasteiger partial charge >= 0.3 is 27.7 Å². The molecule has 2 aliphatic rings. The monoisotopic (exact) mass is 375 g/mol. The minimum atomic E-state index is -0.169. The van der Waals surface area contributed by atoms with Gasteiger partial charge in [-0.1, -0.05) is 5.76 Å². The van der Waals surface area contributed by atoms with Crippen LogP contribution in [0.15, 0.2) is 29.4 Å². The Morgan fingerprint density at radius 1 is 1.58 bits per heavy atom. The van der Waals surface area contributed by atoms with Gasteiger partial charge < -0.3 is 14.6 Å². The predicted molar refractivity (Wildman–Crippen MR) is 37.8 cm³/mol. The van der Waals surface area contributed by atoms with Gasteiger partial charge in [-0.25, -0.2) is 0 Å². The maximum atomic E-state index is 10.7. The predicted octanol–water partition coefficient (Wildman–Crippen LogP) is 0.0754. The van der Waals surface area contributed by atoms with Crippen LogP contribution in [0.1, 0.15) is 0 Å². The molecule has 61 valence electrons. The van der Waals surface area contributed by atoms with E-state index in [0.29, 0.717) is 5.76 Å². The van der Waals surface area contributed by atoms with Gasteiger partial charge in [-0.05, 0) is 12.2 Å². The van der Waals surface area contributed by atoms with Gasteiger partial charge in [-0.15, -0.1) is 18.1 Å². The quantitative estimate of drug-likeness (QED) is 0.446. The Labute approximate surface area is 96.7 Å². The van der Waals surface area contributed by atoms with Crippen molar-refractivity contribution in [3.05, 3.63) is 29.4 Å². The number of rotatable bonds is 0. The normalized spacial score (nSPS) is 23.8. The summed E-state index contributed by atoms with van der Waals surface area (Å²) in [5, 5.41) is 10.7. The fourth-order valence-corrected chi connectivity index (χ4v) is 0.922. The zero-order valence-corrected chi connectivity index (χ0v) is 12.6. The van der Waals surface area contributed by atoms with Gasteiger partial charge in [0.25, 0.3) is 0 Å². The minimum Gasteiger partial charge on any atom is -0.867 e. The fraction of sp³-hybridized carbons (Fsp3) is 0.286. The van der Waals surface area contributed by atoms with E-state index in [4.69, 9.17) is 9.47 Å². The summed E-state index contributed by atoms with van der Waals surface area (Å²) >= 11 is 0. The summed E-state index contributed by atoms with van der Waals surface area (Å²) in [6, 6.07) is 0. The molecule has 0 amide bonds. The minimum absolute atomic E-state index is 0. The third-order valence-electron chi connectivity index (χ3n) is 1.40. The summed E-state index contributed by atoms with van der Waals surface area (Å²) < 4.78 is 10.0. The van der Waals surface area contributed by atoms with Crippen LogP contribution in [-0.2, 0) is 37.1 Å². The molecule has 1 unspecified atom stereocenters. The maximum absolute atomic E-state index is 10.7. The van der Waals surface area contributed by atoms with Crippen LogP contribution >= 0.6 is 12.4 Å². The molecule has 0 aromatic rings. The molecule has 1 atom stereocenters. The molecule has 5 heteroatoms. The van der Waals surface area contributed by atoms with E-state index in [2.05, 4.69) is 5.73 Å². The first-order valence-electron chi connectivity index (χ1n) is 2.96. The van der Waals surface area contributed by atoms with Crippen molar-refractivity contribution in [2.45, 2.75) is 6.10 Å². The summed E-state index contributed by atoms with van der Waals surface area (Å²) in [7, 11) is 0. The molecular formula is C7H6ClHgO3. The number of hydrogen-bond acceptors (Lipinski definition) is 3. The molecule has 1 aliphatic carbocycles. The van der Waals surface area contributed by atoms with Gasteiger partial charge in [-0.2, -0.15) is 0 Å². The first kappa shape index (κ1) is 12.0. The summed E-state index contributed by atoms with van der Waals surface area (Å²) in [4.78, 5) is 0. The van der Waals surface area contributed by atoms with E-state index in [9.17, 15) is 5.11 Å². The van der Waals surface area contributed by atoms with Crippen LogP contribution < -0.4 is 5.11 Å². The second kappa shape index (κ2) is 4.92. The van der Waals surface area contributed by atoms with Crippen molar-refractivity contribution in [2.24, 2.45) is 0 Å². The van der Waals surface area contributed by atoms with E-state index in [1.807, 2.05) is 0 Å². The summed E-state index contributed by atoms with van der Waals surface area (Å²) in [5.74, 6) is 0.445. The molecule has 12 heavy (non-hydrogen) atoms. The van der Waals surface area contributed by atoms with Crippen molar-refractivity contribution in [1.82, 2.24) is 0 Å². The smallest absolute Gasteiger partial charge is 0.867 e. The van der Waals surface area contributed by atoms with Gasteiger partial charge in [0, 0.05) is 0 Å². The molecular weight excluding hydrogens is 368 g/mol. The Morgan fingerprint density at radius 2 is 2.33 bits per heavy atom. The molecule has 0 saturated carbocycles. The number of halogens is 1. The van der Waals surface area contributed by atoms with Crippen molar-refractivity contribution in [2.75, 3.05) is 6.79 Å². The van der Waals surface area contributed by atoms with Crippen molar-refractivity contribution >= 4 is 12.4 Å². The number of ether oxygens (including phenoxy) is 2. The van der Waals surface area contributed by atoms with E-state index in [0.717, 1.165) is 0 Å². The van der Waals surface area contributed by atoms with Crippen LogP contribution in [0.25, 0.3) is 0 Å². The van der Waals surface area contributed by atoms with Crippen LogP contribution in [0.4, 0.5) is 0 Å². The molecule has 1 radical (unpaired) electrons. The van der Waals surface area contributed by atoms with E-state index >= 15 is 0 Å². The second-order valence-corrected chi connectivity index (χ2v) is 2.07. The van der Waals surface area contributed by atoms with Crippen molar-refractivity contribution in [1.29, 1.82) is 0 Å². The van der Waals surface area contributed by atoms with E-state index < -0.39 is 0 Å². The van der Waals surface area contributed by atoms with Crippen molar-refractivity contribution in [3.63, 3.8) is 0 Å². The molecule has 1 heterocycles. The topological polar surface area (TPSA) is 41.5 Å². The van der Waals surface area contributed by atoms with Crippen molar-refractivity contribution < 1.29 is 42.2 Å². The zero-order valence-electron chi connectivity index (χ0n) is 6.28. The maximum Gasteiger partial charge on any atom is 1.00 e. The Kier molecular flexibility index (Phi) is 4.94. The molecule has 0 N–H and O–H groups in total. The molecule has 0 aromatic heterocycles. The van der Waals surface area contributed by atoms with Gasteiger partial charge in [0.2, 0.25) is 0 Å². The molecule has 0 bridgehead atoms. The van der Waals surface area contributed by atoms with Gasteiger partial charge in [0.1, 0.15) is 11.9 Å². The molecule has 3 nitrogen and oxygen atoms in total. The van der Waals surface area contributed by atoms with Gasteiger partial charge in [0.15, 0.2) is 6.79 Å². The van der Waals surface area contributed by atoms with Crippen LogP contribution in [-0.4, -0.2) is 12.9 Å². The first-order chi connectivity index (χ1) is 4.86. The molecule has 0 aromatic carbocycles. The molecule has 1 aliphatic heterocycles. The van der Waals surface area contributed by atoms with E-state index in [1.165, 1.54) is 6.08 Å². The standard InChI is InChI=1S/C7H6O3.ClH.Hg/c8-5-1-2-6-7(3-5)10-4-9-6;;/h2-3,6,8H,4H2;1H;/q;;+1/p-1. The molecule has 1 fully saturated rings. The zero-order chi connectivity index (χ0) is 6.97. The SMILES string of the molecule is Cl.[Hg+].[O-]C1=C=CC2OCOC2=C1. The summed E-state index contributed by atoms with van der Waals surface area (Å²) in [6.07, 6.45) is 2.81. The second-order valence-electron chi connectivity index (χ2n) is 2.07. The molecule has 1 saturated heterocycles. The number of hydrogen-bond donors (Lipinski definition) is 0. The summed E-state index contributed by atoms with van der Waals surface area (Å²) in [5.41, 5.74) is 2.51. The summed E-state index contributed by atoms with van der Waals surface area (Å²) in [6.45, 7) is 0.238. The molecule has 0 spiro atoms. The van der Waals surface area contributed by atoms with E-state index in [1.54, 1.807) is 6.08 Å². The average Bonchev–Trinajstić information content (AvgIpc) is 2.33. The van der Waals surface area contributed by atoms with Crippen LogP contribution in [0.2, 0.25) is 0 Å². The van der Waals surface area contributed by atoms with Gasteiger partial charge in [-0.3, -0.25) is 0 Å². The Morgan fingerprint density at radius 3 is 3.08 bits per heavy atom. The number of fused-ring (bicyclic) bond motifs is 1.